The van der Waals surface area contributed by atoms with Gasteiger partial charge >= 0.3 is 0 Å². The Morgan fingerprint density at radius 3 is 2.50 bits per heavy atom. The molecule has 0 aliphatic heterocycles. The molecule has 0 heterocycles. The lowest BCUT2D eigenvalue weighted by atomic mass is 10.2. The first-order chi connectivity index (χ1) is 4.91. The van der Waals surface area contributed by atoms with Crippen LogP contribution in [0.4, 0.5) is 0 Å². The highest BCUT2D eigenvalue weighted by Gasteiger charge is 1.88. The first-order valence-electron chi connectivity index (χ1n) is 3.53. The first-order valence-corrected chi connectivity index (χ1v) is 3.53. The maximum atomic E-state index is 8.39. The van der Waals surface area contributed by atoms with Crippen LogP contribution in [0, 0.1) is 11.5 Å². The molecule has 10 heavy (non-hydrogen) atoms. The molecule has 0 aromatic rings. The van der Waals surface area contributed by atoms with Gasteiger partial charge in [-0.25, -0.2) is 0 Å². The van der Waals surface area contributed by atoms with Crippen molar-refractivity contribution in [1.82, 2.24) is 0 Å². The summed E-state index contributed by atoms with van der Waals surface area (Å²) in [6.07, 6.45) is 5.42. The van der Waals surface area contributed by atoms with Gasteiger partial charge in [-0.2, -0.15) is 5.26 Å². The molecule has 0 amide bonds. The summed E-state index contributed by atoms with van der Waals surface area (Å²) in [5.41, 5.74) is 0. The normalized spacial score (nSPS) is 8.80. The minimum atomic E-state index is 0.263. The minimum Gasteiger partial charge on any atom is -0.428 e. The highest BCUT2D eigenvalue weighted by atomic mass is 16.5. The van der Waals surface area contributed by atoms with E-state index in [1.165, 1.54) is 0 Å². The number of nitriles is 1. The maximum Gasteiger partial charge on any atom is 0.286 e. The van der Waals surface area contributed by atoms with Crippen LogP contribution in [0.1, 0.15) is 25.7 Å². The first kappa shape index (κ1) is 9.25. The van der Waals surface area contributed by atoms with Crippen molar-refractivity contribution in [2.75, 3.05) is 13.2 Å². The monoisotopic (exact) mass is 143 g/mol. The van der Waals surface area contributed by atoms with Crippen molar-refractivity contribution in [3.63, 3.8) is 0 Å². The summed E-state index contributed by atoms with van der Waals surface area (Å²) in [7, 11) is 0. The Balaban J connectivity index is 2.72. The van der Waals surface area contributed by atoms with E-state index in [-0.39, 0.29) is 6.61 Å². The molecule has 0 saturated carbocycles. The summed E-state index contributed by atoms with van der Waals surface area (Å²) in [5.74, 6) is 0. The van der Waals surface area contributed by atoms with E-state index in [0.717, 1.165) is 25.7 Å². The fraction of sp³-hybridized carbons (Fsp3) is 0.857. The maximum absolute atomic E-state index is 8.39. The SMILES string of the molecule is N#COCCCCCCO. The van der Waals surface area contributed by atoms with Crippen molar-refractivity contribution < 1.29 is 9.84 Å². The van der Waals surface area contributed by atoms with Crippen LogP contribution in [0.2, 0.25) is 0 Å². The summed E-state index contributed by atoms with van der Waals surface area (Å²) in [4.78, 5) is 0. The van der Waals surface area contributed by atoms with Crippen LogP contribution in [0.3, 0.4) is 0 Å². The molecular weight excluding hydrogens is 130 g/mol. The summed E-state index contributed by atoms with van der Waals surface area (Å²) in [6, 6.07) is 0. The predicted molar refractivity (Wildman–Crippen MR) is 37.1 cm³/mol. The molecule has 3 heteroatoms. The van der Waals surface area contributed by atoms with Gasteiger partial charge in [-0.3, -0.25) is 0 Å². The average molecular weight is 143 g/mol. The molecule has 1 N–H and O–H groups in total. The van der Waals surface area contributed by atoms with E-state index in [2.05, 4.69) is 4.74 Å². The van der Waals surface area contributed by atoms with Crippen molar-refractivity contribution >= 4 is 0 Å². The summed E-state index contributed by atoms with van der Waals surface area (Å²) < 4.78 is 4.46. The summed E-state index contributed by atoms with van der Waals surface area (Å²) in [6.45, 7) is 0.779. The highest BCUT2D eigenvalue weighted by Crippen LogP contribution is 1.98. The minimum absolute atomic E-state index is 0.263. The quantitative estimate of drug-likeness (QED) is 0.446. The number of unbranched alkanes of at least 4 members (excludes halogenated alkanes) is 3. The zero-order valence-corrected chi connectivity index (χ0v) is 6.05. The predicted octanol–water partition coefficient (Wildman–Crippen LogP) is 1.04. The van der Waals surface area contributed by atoms with E-state index in [4.69, 9.17) is 10.4 Å². The molecule has 0 radical (unpaired) electrons. The van der Waals surface area contributed by atoms with Gasteiger partial charge in [0, 0.05) is 6.61 Å². The zero-order chi connectivity index (χ0) is 7.66. The second-order valence-electron chi connectivity index (χ2n) is 2.08. The number of rotatable bonds is 6. The van der Waals surface area contributed by atoms with E-state index in [9.17, 15) is 0 Å². The molecule has 0 spiro atoms. The second kappa shape index (κ2) is 8.25. The van der Waals surface area contributed by atoms with Gasteiger partial charge in [-0.05, 0) is 19.3 Å². The molecular formula is C7H13NO2. The van der Waals surface area contributed by atoms with Crippen molar-refractivity contribution in [3.8, 4) is 6.26 Å². The van der Waals surface area contributed by atoms with Gasteiger partial charge < -0.3 is 9.84 Å². The number of aliphatic hydroxyl groups excluding tert-OH is 1. The molecule has 0 saturated heterocycles. The molecule has 0 atom stereocenters. The second-order valence-corrected chi connectivity index (χ2v) is 2.08. The summed E-state index contributed by atoms with van der Waals surface area (Å²) >= 11 is 0. The van der Waals surface area contributed by atoms with E-state index in [0.29, 0.717) is 6.61 Å². The molecule has 0 aliphatic rings. The zero-order valence-electron chi connectivity index (χ0n) is 6.05. The fourth-order valence-electron chi connectivity index (χ4n) is 0.685. The Morgan fingerprint density at radius 1 is 1.20 bits per heavy atom. The molecule has 58 valence electrons. The highest BCUT2D eigenvalue weighted by molar-refractivity contribution is 4.48. The van der Waals surface area contributed by atoms with Gasteiger partial charge in [0.2, 0.25) is 0 Å². The smallest absolute Gasteiger partial charge is 0.286 e. The Hall–Kier alpha value is -0.750. The average Bonchev–Trinajstić information content (AvgIpc) is 1.97. The largest absolute Gasteiger partial charge is 0.428 e. The lowest BCUT2D eigenvalue weighted by molar-refractivity contribution is 0.252. The third-order valence-corrected chi connectivity index (χ3v) is 1.22. The number of hydrogen-bond donors (Lipinski definition) is 1. The van der Waals surface area contributed by atoms with Gasteiger partial charge in [0.05, 0.1) is 0 Å². The van der Waals surface area contributed by atoms with Crippen LogP contribution in [0.25, 0.3) is 0 Å². The molecule has 0 rings (SSSR count). The van der Waals surface area contributed by atoms with Crippen LogP contribution >= 0.6 is 0 Å². The lowest BCUT2D eigenvalue weighted by Crippen LogP contribution is -1.89. The molecule has 0 fully saturated rings. The Labute approximate surface area is 61.2 Å². The number of aliphatic hydroxyl groups is 1. The molecule has 0 aromatic heterocycles. The third kappa shape index (κ3) is 7.25. The molecule has 3 nitrogen and oxygen atoms in total. The van der Waals surface area contributed by atoms with Gasteiger partial charge in [0.1, 0.15) is 6.61 Å². The lowest BCUT2D eigenvalue weighted by Gasteiger charge is -1.96. The van der Waals surface area contributed by atoms with E-state index >= 15 is 0 Å². The molecule has 0 unspecified atom stereocenters. The topological polar surface area (TPSA) is 53.2 Å². The van der Waals surface area contributed by atoms with Gasteiger partial charge in [0.15, 0.2) is 0 Å². The number of ether oxygens (including phenoxy) is 1. The number of hydrogen-bond acceptors (Lipinski definition) is 3. The van der Waals surface area contributed by atoms with Gasteiger partial charge in [-0.15, -0.1) is 0 Å². The number of nitrogens with zero attached hydrogens (tertiary/aromatic N) is 1. The Bertz CT molecular complexity index is 98.3. The Morgan fingerprint density at radius 2 is 1.90 bits per heavy atom. The molecule has 0 aromatic carbocycles. The van der Waals surface area contributed by atoms with Crippen molar-refractivity contribution in [2.45, 2.75) is 25.7 Å². The van der Waals surface area contributed by atoms with Gasteiger partial charge in [0.25, 0.3) is 6.26 Å². The van der Waals surface area contributed by atoms with Crippen LogP contribution in [-0.4, -0.2) is 18.3 Å². The molecule has 0 bridgehead atoms. The molecule has 0 aliphatic carbocycles. The van der Waals surface area contributed by atoms with E-state index in [1.54, 1.807) is 6.26 Å². The van der Waals surface area contributed by atoms with Crippen molar-refractivity contribution in [3.05, 3.63) is 0 Å². The van der Waals surface area contributed by atoms with Crippen LogP contribution in [0.15, 0.2) is 0 Å². The van der Waals surface area contributed by atoms with E-state index < -0.39 is 0 Å². The van der Waals surface area contributed by atoms with E-state index in [1.807, 2.05) is 0 Å². The van der Waals surface area contributed by atoms with Crippen molar-refractivity contribution in [2.24, 2.45) is 0 Å². The fourth-order valence-corrected chi connectivity index (χ4v) is 0.685. The van der Waals surface area contributed by atoms with Crippen molar-refractivity contribution in [1.29, 1.82) is 5.26 Å². The van der Waals surface area contributed by atoms with Crippen LogP contribution in [-0.2, 0) is 4.74 Å². The standard InChI is InChI=1S/C7H13NO2/c8-7-10-6-4-2-1-3-5-9/h9H,1-6H2. The third-order valence-electron chi connectivity index (χ3n) is 1.22. The summed E-state index contributed by atoms with van der Waals surface area (Å²) in [5, 5.41) is 16.3. The van der Waals surface area contributed by atoms with Crippen LogP contribution < -0.4 is 0 Å². The van der Waals surface area contributed by atoms with Crippen LogP contribution in [0.5, 0.6) is 0 Å². The van der Waals surface area contributed by atoms with Gasteiger partial charge in [-0.1, -0.05) is 6.42 Å². The Kier molecular flexibility index (Phi) is 7.63.